The SMILES string of the molecule is CCc1ccc(NC(N)=NCC2(O)CCCCC2)cc1.I. The second-order valence-electron chi connectivity index (χ2n) is 5.66. The topological polar surface area (TPSA) is 70.6 Å². The van der Waals surface area contributed by atoms with Gasteiger partial charge in [0.15, 0.2) is 5.96 Å². The first kappa shape index (κ1) is 18.2. The third-order valence-electron chi connectivity index (χ3n) is 3.96. The summed E-state index contributed by atoms with van der Waals surface area (Å²) in [5, 5.41) is 13.4. The highest BCUT2D eigenvalue weighted by molar-refractivity contribution is 14.0. The molecule has 0 aliphatic heterocycles. The number of nitrogens with one attached hydrogen (secondary N) is 1. The van der Waals surface area contributed by atoms with Crippen LogP contribution in [0.15, 0.2) is 29.3 Å². The van der Waals surface area contributed by atoms with E-state index in [4.69, 9.17) is 5.73 Å². The fourth-order valence-electron chi connectivity index (χ4n) is 2.61. The second kappa shape index (κ2) is 8.58. The Morgan fingerprint density at radius 2 is 1.86 bits per heavy atom. The van der Waals surface area contributed by atoms with Crippen molar-refractivity contribution in [3.63, 3.8) is 0 Å². The molecule has 0 aromatic heterocycles. The van der Waals surface area contributed by atoms with Gasteiger partial charge in [-0.2, -0.15) is 0 Å². The number of guanidine groups is 1. The molecule has 0 heterocycles. The molecule has 1 saturated carbocycles. The third kappa shape index (κ3) is 5.82. The maximum absolute atomic E-state index is 10.4. The van der Waals surface area contributed by atoms with Crippen LogP contribution in [-0.2, 0) is 6.42 Å². The maximum atomic E-state index is 10.4. The predicted octanol–water partition coefficient (Wildman–Crippen LogP) is 3.29. The number of nitrogens with two attached hydrogens (primary N) is 1. The lowest BCUT2D eigenvalue weighted by Gasteiger charge is -2.30. The van der Waals surface area contributed by atoms with Crippen LogP contribution in [0, 0.1) is 0 Å². The summed E-state index contributed by atoms with van der Waals surface area (Å²) in [6.45, 7) is 2.52. The van der Waals surface area contributed by atoms with Gasteiger partial charge in [0.1, 0.15) is 0 Å². The molecule has 1 aromatic carbocycles. The van der Waals surface area contributed by atoms with Gasteiger partial charge in [-0.1, -0.05) is 38.3 Å². The van der Waals surface area contributed by atoms with Crippen LogP contribution in [0.5, 0.6) is 0 Å². The van der Waals surface area contributed by atoms with E-state index in [0.717, 1.165) is 37.8 Å². The molecule has 0 atom stereocenters. The number of aliphatic hydroxyl groups is 1. The van der Waals surface area contributed by atoms with E-state index >= 15 is 0 Å². The molecule has 1 aromatic rings. The lowest BCUT2D eigenvalue weighted by atomic mass is 9.85. The fraction of sp³-hybridized carbons (Fsp3) is 0.562. The minimum atomic E-state index is -0.656. The first-order chi connectivity index (χ1) is 9.61. The Balaban J connectivity index is 0.00000220. The lowest BCUT2D eigenvalue weighted by Crippen LogP contribution is -2.36. The minimum Gasteiger partial charge on any atom is -0.388 e. The van der Waals surface area contributed by atoms with E-state index < -0.39 is 5.60 Å². The molecule has 0 spiro atoms. The highest BCUT2D eigenvalue weighted by atomic mass is 127. The number of nitrogens with zero attached hydrogens (tertiary/aromatic N) is 1. The van der Waals surface area contributed by atoms with E-state index in [2.05, 4.69) is 29.4 Å². The molecule has 4 nitrogen and oxygen atoms in total. The van der Waals surface area contributed by atoms with Gasteiger partial charge in [-0.15, -0.1) is 24.0 Å². The van der Waals surface area contributed by atoms with Crippen LogP contribution in [0.1, 0.15) is 44.6 Å². The number of aryl methyl sites for hydroxylation is 1. The van der Waals surface area contributed by atoms with E-state index in [0.29, 0.717) is 12.5 Å². The van der Waals surface area contributed by atoms with Gasteiger partial charge in [0.25, 0.3) is 0 Å². The standard InChI is InChI=1S/C16H25N3O.HI/c1-2-13-6-8-14(9-7-13)19-15(17)18-12-16(20)10-4-3-5-11-16;/h6-9,20H,2-5,10-12H2,1H3,(H3,17,18,19);1H. The molecule has 21 heavy (non-hydrogen) atoms. The molecule has 4 N–H and O–H groups in total. The van der Waals surface area contributed by atoms with E-state index in [1.54, 1.807) is 0 Å². The molecule has 1 fully saturated rings. The molecular weight excluding hydrogens is 377 g/mol. The number of aliphatic imine (C=N–C) groups is 1. The molecule has 0 amide bonds. The number of benzene rings is 1. The van der Waals surface area contributed by atoms with Gasteiger partial charge >= 0.3 is 0 Å². The van der Waals surface area contributed by atoms with Crippen LogP contribution in [0.2, 0.25) is 0 Å². The monoisotopic (exact) mass is 403 g/mol. The summed E-state index contributed by atoms with van der Waals surface area (Å²) in [4.78, 5) is 4.29. The van der Waals surface area contributed by atoms with Crippen molar-refractivity contribution in [1.82, 2.24) is 0 Å². The first-order valence-electron chi connectivity index (χ1n) is 7.49. The van der Waals surface area contributed by atoms with E-state index in [-0.39, 0.29) is 24.0 Å². The highest BCUT2D eigenvalue weighted by Crippen LogP contribution is 2.28. The average Bonchev–Trinajstić information content (AvgIpc) is 2.47. The first-order valence-corrected chi connectivity index (χ1v) is 7.49. The molecule has 0 unspecified atom stereocenters. The summed E-state index contributed by atoms with van der Waals surface area (Å²) in [6.07, 6.45) is 6.06. The van der Waals surface area contributed by atoms with Gasteiger partial charge in [-0.25, -0.2) is 0 Å². The van der Waals surface area contributed by atoms with Crippen molar-refractivity contribution < 1.29 is 5.11 Å². The Morgan fingerprint density at radius 1 is 1.24 bits per heavy atom. The van der Waals surface area contributed by atoms with Crippen LogP contribution in [-0.4, -0.2) is 23.2 Å². The van der Waals surface area contributed by atoms with Crippen LogP contribution >= 0.6 is 24.0 Å². The molecule has 0 bridgehead atoms. The van der Waals surface area contributed by atoms with E-state index in [1.807, 2.05) is 12.1 Å². The zero-order valence-electron chi connectivity index (χ0n) is 12.6. The Labute approximate surface area is 144 Å². The summed E-state index contributed by atoms with van der Waals surface area (Å²) >= 11 is 0. The quantitative estimate of drug-likeness (QED) is 0.411. The summed E-state index contributed by atoms with van der Waals surface area (Å²) < 4.78 is 0. The van der Waals surface area contributed by atoms with Gasteiger partial charge in [-0.05, 0) is 37.0 Å². The van der Waals surface area contributed by atoms with E-state index in [9.17, 15) is 5.11 Å². The number of anilines is 1. The smallest absolute Gasteiger partial charge is 0.193 e. The summed E-state index contributed by atoms with van der Waals surface area (Å²) in [7, 11) is 0. The molecule has 2 rings (SSSR count). The zero-order valence-corrected chi connectivity index (χ0v) is 15.0. The highest BCUT2D eigenvalue weighted by Gasteiger charge is 2.28. The van der Waals surface area contributed by atoms with Crippen LogP contribution < -0.4 is 11.1 Å². The van der Waals surface area contributed by atoms with Crippen molar-refractivity contribution in [2.75, 3.05) is 11.9 Å². The fourth-order valence-corrected chi connectivity index (χ4v) is 2.61. The maximum Gasteiger partial charge on any atom is 0.193 e. The van der Waals surface area contributed by atoms with Crippen molar-refractivity contribution in [1.29, 1.82) is 0 Å². The normalized spacial score (nSPS) is 17.9. The lowest BCUT2D eigenvalue weighted by molar-refractivity contribution is 0.0132. The summed E-state index contributed by atoms with van der Waals surface area (Å²) in [6, 6.07) is 8.14. The van der Waals surface area contributed by atoms with Crippen molar-refractivity contribution in [3.05, 3.63) is 29.8 Å². The van der Waals surface area contributed by atoms with Gasteiger partial charge in [0.05, 0.1) is 12.1 Å². The van der Waals surface area contributed by atoms with Crippen LogP contribution in [0.25, 0.3) is 0 Å². The Morgan fingerprint density at radius 3 is 2.43 bits per heavy atom. The largest absolute Gasteiger partial charge is 0.388 e. The van der Waals surface area contributed by atoms with Crippen molar-refractivity contribution in [3.8, 4) is 0 Å². The zero-order chi connectivity index (χ0) is 14.4. The van der Waals surface area contributed by atoms with Gasteiger partial charge in [-0.3, -0.25) is 4.99 Å². The summed E-state index contributed by atoms with van der Waals surface area (Å²) in [5.74, 6) is 0.369. The second-order valence-corrected chi connectivity index (χ2v) is 5.66. The van der Waals surface area contributed by atoms with Crippen LogP contribution in [0.4, 0.5) is 5.69 Å². The van der Waals surface area contributed by atoms with Gasteiger partial charge < -0.3 is 16.2 Å². The number of rotatable bonds is 4. The molecule has 1 aliphatic rings. The predicted molar refractivity (Wildman–Crippen MR) is 99.4 cm³/mol. The van der Waals surface area contributed by atoms with Gasteiger partial charge in [0.2, 0.25) is 0 Å². The van der Waals surface area contributed by atoms with E-state index in [1.165, 1.54) is 12.0 Å². The summed E-state index contributed by atoms with van der Waals surface area (Å²) in [5.41, 5.74) is 7.45. The molecule has 0 radical (unpaired) electrons. The average molecular weight is 403 g/mol. The third-order valence-corrected chi connectivity index (χ3v) is 3.96. The molecular formula is C16H26IN3O. The number of hydrogen-bond acceptors (Lipinski definition) is 2. The minimum absolute atomic E-state index is 0. The number of halogens is 1. The Hall–Kier alpha value is -0.820. The Bertz CT molecular complexity index is 453. The van der Waals surface area contributed by atoms with Crippen molar-refractivity contribution >= 4 is 35.6 Å². The van der Waals surface area contributed by atoms with Crippen molar-refractivity contribution in [2.24, 2.45) is 10.7 Å². The Kier molecular flexibility index (Phi) is 7.45. The van der Waals surface area contributed by atoms with Crippen LogP contribution in [0.3, 0.4) is 0 Å². The van der Waals surface area contributed by atoms with Crippen molar-refractivity contribution in [2.45, 2.75) is 51.0 Å². The van der Waals surface area contributed by atoms with Gasteiger partial charge in [0, 0.05) is 5.69 Å². The number of hydrogen-bond donors (Lipinski definition) is 3. The molecule has 118 valence electrons. The molecule has 1 aliphatic carbocycles. The molecule has 5 heteroatoms. The molecule has 0 saturated heterocycles.